The highest BCUT2D eigenvalue weighted by Gasteiger charge is 2.30. The predicted molar refractivity (Wildman–Crippen MR) is 104 cm³/mol. The molecule has 8 heteroatoms. The van der Waals surface area contributed by atoms with E-state index in [9.17, 15) is 16.8 Å². The van der Waals surface area contributed by atoms with Crippen LogP contribution in [0.4, 0.5) is 0 Å². The van der Waals surface area contributed by atoms with Crippen molar-refractivity contribution in [2.24, 2.45) is 0 Å². The first kappa shape index (κ1) is 23.1. The lowest BCUT2D eigenvalue weighted by Gasteiger charge is -2.37. The summed E-state index contributed by atoms with van der Waals surface area (Å²) in [6.45, 7) is 5.94. The van der Waals surface area contributed by atoms with Crippen molar-refractivity contribution in [2.75, 3.05) is 31.8 Å². The van der Waals surface area contributed by atoms with Crippen molar-refractivity contribution in [2.45, 2.75) is 50.8 Å². The molecular formula is C18H32NO5S2+. The van der Waals surface area contributed by atoms with E-state index in [1.165, 1.54) is 31.4 Å². The zero-order chi connectivity index (χ0) is 19.8. The number of likely N-dealkylation sites (tertiary alicyclic amines) is 1. The fraction of sp³-hybridized carbons (Fsp3) is 0.667. The first-order valence-electron chi connectivity index (χ1n) is 9.06. The van der Waals surface area contributed by atoms with Crippen LogP contribution in [-0.4, -0.2) is 57.6 Å². The van der Waals surface area contributed by atoms with E-state index in [-0.39, 0.29) is 4.90 Å². The number of benzene rings is 1. The first-order valence-corrected chi connectivity index (χ1v) is 12.3. The highest BCUT2D eigenvalue weighted by atomic mass is 32.2. The van der Waals surface area contributed by atoms with Crippen LogP contribution in [0.1, 0.15) is 44.6 Å². The molecule has 0 aromatic heterocycles. The molecule has 1 heterocycles. The normalized spacial score (nSPS) is 17.2. The lowest BCUT2D eigenvalue weighted by atomic mass is 10.1. The standard InChI is InChI=1S/C11H24NO2S.C7H8O3S/c1-3-4-10-15(13,14)11-12(2)8-6-5-7-9-12;1-6-2-4-7(5-3-6)11(8,9)10/h3-11H2,1-2H3;2-5H,1H3,(H,8,9,10)/q+1;. The average molecular weight is 407 g/mol. The van der Waals surface area contributed by atoms with E-state index in [0.29, 0.717) is 11.6 Å². The number of nitrogens with zero attached hydrogens (tertiary/aromatic N) is 1. The van der Waals surface area contributed by atoms with Gasteiger partial charge >= 0.3 is 0 Å². The van der Waals surface area contributed by atoms with Gasteiger partial charge in [-0.3, -0.25) is 4.55 Å². The van der Waals surface area contributed by atoms with E-state index in [2.05, 4.69) is 7.05 Å². The Morgan fingerprint density at radius 2 is 1.54 bits per heavy atom. The minimum absolute atomic E-state index is 0.0666. The van der Waals surface area contributed by atoms with Gasteiger partial charge in [0.2, 0.25) is 9.84 Å². The zero-order valence-electron chi connectivity index (χ0n) is 16.0. The number of rotatable bonds is 6. The largest absolute Gasteiger partial charge is 0.314 e. The first-order chi connectivity index (χ1) is 12.0. The molecule has 1 aromatic carbocycles. The molecule has 1 saturated heterocycles. The summed E-state index contributed by atoms with van der Waals surface area (Å²) >= 11 is 0. The molecule has 0 amide bonds. The van der Waals surface area contributed by atoms with E-state index < -0.39 is 20.0 Å². The number of unbranched alkanes of at least 4 members (excludes halogenated alkanes) is 1. The van der Waals surface area contributed by atoms with Crippen molar-refractivity contribution in [3.05, 3.63) is 29.8 Å². The number of hydrogen-bond acceptors (Lipinski definition) is 4. The van der Waals surface area contributed by atoms with Gasteiger partial charge in [-0.15, -0.1) is 0 Å². The summed E-state index contributed by atoms with van der Waals surface area (Å²) in [6, 6.07) is 5.99. The van der Waals surface area contributed by atoms with Gasteiger partial charge in [-0.2, -0.15) is 8.42 Å². The van der Waals surface area contributed by atoms with Gasteiger partial charge in [-0.1, -0.05) is 31.0 Å². The third-order valence-corrected chi connectivity index (χ3v) is 7.33. The fourth-order valence-electron chi connectivity index (χ4n) is 3.02. The summed E-state index contributed by atoms with van der Waals surface area (Å²) in [5.41, 5.74) is 0.956. The summed E-state index contributed by atoms with van der Waals surface area (Å²) < 4.78 is 54.0. The smallest absolute Gasteiger partial charge is 0.294 e. The minimum atomic E-state index is -4.02. The van der Waals surface area contributed by atoms with Crippen molar-refractivity contribution in [3.8, 4) is 0 Å². The Bertz CT molecular complexity index is 749. The molecule has 0 bridgehead atoms. The second kappa shape index (κ2) is 9.82. The van der Waals surface area contributed by atoms with Gasteiger partial charge in [-0.05, 0) is 44.7 Å². The molecule has 150 valence electrons. The van der Waals surface area contributed by atoms with Crippen LogP contribution in [0.5, 0.6) is 0 Å². The molecule has 0 spiro atoms. The molecule has 1 aliphatic heterocycles. The average Bonchev–Trinajstić information content (AvgIpc) is 2.53. The maximum atomic E-state index is 11.8. The Labute approximate surface area is 158 Å². The number of quaternary nitrogens is 1. The third-order valence-electron chi connectivity index (χ3n) is 4.53. The zero-order valence-corrected chi connectivity index (χ0v) is 17.7. The Morgan fingerprint density at radius 3 is 2.00 bits per heavy atom. The Kier molecular flexibility index (Phi) is 8.72. The molecule has 0 aliphatic carbocycles. The van der Waals surface area contributed by atoms with Crippen molar-refractivity contribution >= 4 is 20.0 Å². The highest BCUT2D eigenvalue weighted by molar-refractivity contribution is 7.91. The van der Waals surface area contributed by atoms with Crippen LogP contribution in [0.25, 0.3) is 0 Å². The molecule has 1 fully saturated rings. The van der Waals surface area contributed by atoms with E-state index >= 15 is 0 Å². The Balaban J connectivity index is 0.000000273. The molecule has 0 saturated carbocycles. The van der Waals surface area contributed by atoms with Gasteiger partial charge in [0, 0.05) is 0 Å². The molecule has 26 heavy (non-hydrogen) atoms. The van der Waals surface area contributed by atoms with Crippen molar-refractivity contribution in [1.29, 1.82) is 0 Å². The predicted octanol–water partition coefficient (Wildman–Crippen LogP) is 3.03. The molecule has 1 aliphatic rings. The maximum Gasteiger partial charge on any atom is 0.294 e. The molecule has 1 N–H and O–H groups in total. The SMILES string of the molecule is CCCCS(=O)(=O)C[N+]1(C)CCCCC1.Cc1ccc(S(=O)(=O)O)cc1. The summed E-state index contributed by atoms with van der Waals surface area (Å²) in [7, 11) is -4.76. The number of piperidine rings is 1. The Morgan fingerprint density at radius 1 is 1.00 bits per heavy atom. The quantitative estimate of drug-likeness (QED) is 0.579. The van der Waals surface area contributed by atoms with Gasteiger partial charge < -0.3 is 4.48 Å². The second-order valence-corrected chi connectivity index (χ2v) is 10.9. The highest BCUT2D eigenvalue weighted by Crippen LogP contribution is 2.18. The van der Waals surface area contributed by atoms with Crippen LogP contribution in [0.15, 0.2) is 29.2 Å². The van der Waals surface area contributed by atoms with E-state index in [4.69, 9.17) is 4.55 Å². The molecule has 6 nitrogen and oxygen atoms in total. The van der Waals surface area contributed by atoms with Crippen molar-refractivity contribution in [3.63, 3.8) is 0 Å². The maximum absolute atomic E-state index is 11.8. The van der Waals surface area contributed by atoms with E-state index in [1.807, 2.05) is 13.8 Å². The van der Waals surface area contributed by atoms with Gasteiger partial charge in [0.15, 0.2) is 5.88 Å². The number of aryl methyl sites for hydroxylation is 1. The molecule has 0 atom stereocenters. The van der Waals surface area contributed by atoms with Crippen LogP contribution in [-0.2, 0) is 20.0 Å². The van der Waals surface area contributed by atoms with Crippen molar-refractivity contribution < 1.29 is 25.9 Å². The van der Waals surface area contributed by atoms with Gasteiger partial charge in [0.25, 0.3) is 10.1 Å². The van der Waals surface area contributed by atoms with E-state index in [1.54, 1.807) is 12.1 Å². The number of hydrogen-bond donors (Lipinski definition) is 1. The molecule has 0 unspecified atom stereocenters. The van der Waals surface area contributed by atoms with Crippen LogP contribution in [0.2, 0.25) is 0 Å². The molecule has 0 radical (unpaired) electrons. The van der Waals surface area contributed by atoms with Crippen LogP contribution in [0, 0.1) is 6.92 Å². The summed E-state index contributed by atoms with van der Waals surface area (Å²) in [4.78, 5) is -0.0666. The summed E-state index contributed by atoms with van der Waals surface area (Å²) in [6.07, 6.45) is 5.40. The van der Waals surface area contributed by atoms with Gasteiger partial charge in [-0.25, -0.2) is 8.42 Å². The minimum Gasteiger partial charge on any atom is -0.314 e. The molecule has 1 aromatic rings. The van der Waals surface area contributed by atoms with Gasteiger partial charge in [0.05, 0.1) is 30.8 Å². The topological polar surface area (TPSA) is 88.5 Å². The number of sulfone groups is 1. The van der Waals surface area contributed by atoms with Gasteiger partial charge in [0.1, 0.15) is 0 Å². The monoisotopic (exact) mass is 406 g/mol. The second-order valence-electron chi connectivity index (χ2n) is 7.35. The van der Waals surface area contributed by atoms with Crippen LogP contribution < -0.4 is 0 Å². The summed E-state index contributed by atoms with van der Waals surface area (Å²) in [5, 5.41) is 0. The summed E-state index contributed by atoms with van der Waals surface area (Å²) in [5.74, 6) is 0.727. The molecular weight excluding hydrogens is 374 g/mol. The third kappa shape index (κ3) is 8.62. The van der Waals surface area contributed by atoms with Crippen molar-refractivity contribution in [1.82, 2.24) is 0 Å². The lowest BCUT2D eigenvalue weighted by Crippen LogP contribution is -2.51. The fourth-order valence-corrected chi connectivity index (χ4v) is 5.56. The van der Waals surface area contributed by atoms with Crippen LogP contribution in [0.3, 0.4) is 0 Å². The lowest BCUT2D eigenvalue weighted by molar-refractivity contribution is -0.902. The van der Waals surface area contributed by atoms with E-state index in [0.717, 1.165) is 36.0 Å². The molecule has 2 rings (SSSR count). The Hall–Kier alpha value is -0.960. The van der Waals surface area contributed by atoms with Crippen LogP contribution >= 0.6 is 0 Å².